The van der Waals surface area contributed by atoms with E-state index in [2.05, 4.69) is 5.32 Å². The molecule has 1 fully saturated rings. The van der Waals surface area contributed by atoms with Gasteiger partial charge >= 0.3 is 0 Å². The van der Waals surface area contributed by atoms with Crippen molar-refractivity contribution in [2.45, 2.75) is 32.6 Å². The van der Waals surface area contributed by atoms with Crippen LogP contribution in [0.5, 0.6) is 0 Å². The number of piperazine rings is 1. The van der Waals surface area contributed by atoms with E-state index in [1.54, 1.807) is 6.07 Å². The standard InChI is InChI=1S/C22H29N3O3S/c1-16-8-9-21(18(3)14-16)29(27,28)25-12-10-24(11-13-25)15-22(26)23-20-7-5-6-17(2)19(20)4/h5-9,14H,10-13,15H2,1-4H3,(H,23,26). The Balaban J connectivity index is 1.59. The first-order valence-corrected chi connectivity index (χ1v) is 11.3. The van der Waals surface area contributed by atoms with Gasteiger partial charge in [0.15, 0.2) is 0 Å². The molecule has 1 aliphatic heterocycles. The number of carbonyl (C=O) groups is 1. The molecule has 0 saturated carbocycles. The van der Waals surface area contributed by atoms with Crippen LogP contribution in [0.1, 0.15) is 22.3 Å². The minimum atomic E-state index is -3.51. The highest BCUT2D eigenvalue weighted by molar-refractivity contribution is 7.89. The number of hydrogen-bond donors (Lipinski definition) is 1. The van der Waals surface area contributed by atoms with E-state index < -0.39 is 10.0 Å². The molecular weight excluding hydrogens is 386 g/mol. The fraction of sp³-hybridized carbons (Fsp3) is 0.409. The topological polar surface area (TPSA) is 69.7 Å². The Morgan fingerprint density at radius 1 is 0.966 bits per heavy atom. The molecule has 1 heterocycles. The molecule has 0 bridgehead atoms. The number of anilines is 1. The molecule has 1 N–H and O–H groups in total. The third kappa shape index (κ3) is 4.86. The number of sulfonamides is 1. The van der Waals surface area contributed by atoms with E-state index in [9.17, 15) is 13.2 Å². The summed E-state index contributed by atoms with van der Waals surface area (Å²) in [6.07, 6.45) is 0. The number of nitrogens with zero attached hydrogens (tertiary/aromatic N) is 2. The van der Waals surface area contributed by atoms with E-state index in [0.717, 1.165) is 27.9 Å². The van der Waals surface area contributed by atoms with E-state index in [1.807, 2.05) is 62.9 Å². The van der Waals surface area contributed by atoms with Gasteiger partial charge in [0, 0.05) is 31.9 Å². The van der Waals surface area contributed by atoms with E-state index in [0.29, 0.717) is 31.1 Å². The SMILES string of the molecule is Cc1ccc(S(=O)(=O)N2CCN(CC(=O)Nc3cccc(C)c3C)CC2)c(C)c1. The summed E-state index contributed by atoms with van der Waals surface area (Å²) in [7, 11) is -3.51. The van der Waals surface area contributed by atoms with Gasteiger partial charge in [-0.3, -0.25) is 9.69 Å². The molecule has 0 unspecified atom stereocenters. The third-order valence-corrected chi connectivity index (χ3v) is 7.58. The molecule has 156 valence electrons. The van der Waals surface area contributed by atoms with Crippen LogP contribution in [0.2, 0.25) is 0 Å². The zero-order valence-electron chi connectivity index (χ0n) is 17.5. The van der Waals surface area contributed by atoms with Gasteiger partial charge in [-0.05, 0) is 56.5 Å². The summed E-state index contributed by atoms with van der Waals surface area (Å²) < 4.78 is 27.5. The van der Waals surface area contributed by atoms with Crippen LogP contribution < -0.4 is 5.32 Å². The van der Waals surface area contributed by atoms with Crippen molar-refractivity contribution < 1.29 is 13.2 Å². The summed E-state index contributed by atoms with van der Waals surface area (Å²) in [5.41, 5.74) is 4.82. The average Bonchev–Trinajstić information content (AvgIpc) is 2.65. The van der Waals surface area contributed by atoms with Gasteiger partial charge in [-0.15, -0.1) is 0 Å². The molecule has 0 radical (unpaired) electrons. The molecule has 6 nitrogen and oxygen atoms in total. The molecule has 1 aliphatic rings. The molecule has 1 saturated heterocycles. The molecule has 29 heavy (non-hydrogen) atoms. The smallest absolute Gasteiger partial charge is 0.243 e. The molecule has 7 heteroatoms. The van der Waals surface area contributed by atoms with Crippen molar-refractivity contribution in [2.75, 3.05) is 38.0 Å². The largest absolute Gasteiger partial charge is 0.325 e. The number of hydrogen-bond acceptors (Lipinski definition) is 4. The van der Waals surface area contributed by atoms with Gasteiger partial charge in [0.25, 0.3) is 0 Å². The van der Waals surface area contributed by atoms with Gasteiger partial charge in [-0.2, -0.15) is 4.31 Å². The highest BCUT2D eigenvalue weighted by Crippen LogP contribution is 2.22. The summed E-state index contributed by atoms with van der Waals surface area (Å²) in [5, 5.41) is 2.97. The molecule has 0 aliphatic carbocycles. The van der Waals surface area contributed by atoms with Gasteiger partial charge < -0.3 is 5.32 Å². The Morgan fingerprint density at radius 3 is 2.31 bits per heavy atom. The molecule has 1 amide bonds. The van der Waals surface area contributed by atoms with Crippen LogP contribution in [0.4, 0.5) is 5.69 Å². The van der Waals surface area contributed by atoms with Gasteiger partial charge in [0.05, 0.1) is 11.4 Å². The minimum Gasteiger partial charge on any atom is -0.325 e. The van der Waals surface area contributed by atoms with Gasteiger partial charge in [0.1, 0.15) is 0 Å². The highest BCUT2D eigenvalue weighted by atomic mass is 32.2. The first-order chi connectivity index (χ1) is 13.7. The number of nitrogens with one attached hydrogen (secondary N) is 1. The van der Waals surface area contributed by atoms with Crippen LogP contribution in [-0.2, 0) is 14.8 Å². The number of amides is 1. The molecule has 0 spiro atoms. The van der Waals surface area contributed by atoms with Gasteiger partial charge in [-0.1, -0.05) is 29.8 Å². The first kappa shape index (κ1) is 21.5. The Kier molecular flexibility index (Phi) is 6.41. The molecule has 2 aromatic carbocycles. The number of rotatable bonds is 5. The zero-order valence-corrected chi connectivity index (χ0v) is 18.3. The fourth-order valence-electron chi connectivity index (χ4n) is 3.64. The average molecular weight is 416 g/mol. The summed E-state index contributed by atoms with van der Waals surface area (Å²) >= 11 is 0. The van der Waals surface area contributed by atoms with Gasteiger partial charge in [-0.25, -0.2) is 8.42 Å². The number of carbonyl (C=O) groups excluding carboxylic acids is 1. The van der Waals surface area contributed by atoms with Crippen molar-refractivity contribution in [3.05, 3.63) is 58.7 Å². The van der Waals surface area contributed by atoms with Crippen LogP contribution in [0.25, 0.3) is 0 Å². The first-order valence-electron chi connectivity index (χ1n) is 9.84. The third-order valence-electron chi connectivity index (χ3n) is 5.53. The molecule has 0 aromatic heterocycles. The van der Waals surface area contributed by atoms with Crippen LogP contribution >= 0.6 is 0 Å². The van der Waals surface area contributed by atoms with Crippen molar-refractivity contribution in [3.63, 3.8) is 0 Å². The maximum Gasteiger partial charge on any atom is 0.243 e. The quantitative estimate of drug-likeness (QED) is 0.815. The lowest BCUT2D eigenvalue weighted by Gasteiger charge is -2.33. The van der Waals surface area contributed by atoms with Crippen molar-refractivity contribution in [3.8, 4) is 0 Å². The van der Waals surface area contributed by atoms with Crippen LogP contribution in [0.15, 0.2) is 41.3 Å². The monoisotopic (exact) mass is 415 g/mol. The lowest BCUT2D eigenvalue weighted by Crippen LogP contribution is -2.50. The predicted molar refractivity (Wildman–Crippen MR) is 116 cm³/mol. The summed E-state index contributed by atoms with van der Waals surface area (Å²) in [6.45, 7) is 9.86. The van der Waals surface area contributed by atoms with E-state index >= 15 is 0 Å². The molecular formula is C22H29N3O3S. The predicted octanol–water partition coefficient (Wildman–Crippen LogP) is 2.87. The lowest BCUT2D eigenvalue weighted by atomic mass is 10.1. The second-order valence-electron chi connectivity index (χ2n) is 7.74. The second-order valence-corrected chi connectivity index (χ2v) is 9.65. The number of aryl methyl sites for hydroxylation is 3. The van der Waals surface area contributed by atoms with Crippen molar-refractivity contribution in [1.82, 2.24) is 9.21 Å². The molecule has 0 atom stereocenters. The molecule has 3 rings (SSSR count). The van der Waals surface area contributed by atoms with E-state index in [-0.39, 0.29) is 12.5 Å². The van der Waals surface area contributed by atoms with E-state index in [1.165, 1.54) is 4.31 Å². The van der Waals surface area contributed by atoms with Gasteiger partial charge in [0.2, 0.25) is 15.9 Å². The Bertz CT molecular complexity index is 1010. The molecule has 2 aromatic rings. The van der Waals surface area contributed by atoms with Crippen LogP contribution in [-0.4, -0.2) is 56.3 Å². The van der Waals surface area contributed by atoms with Crippen LogP contribution in [0, 0.1) is 27.7 Å². The van der Waals surface area contributed by atoms with Crippen molar-refractivity contribution >= 4 is 21.6 Å². The Morgan fingerprint density at radius 2 is 1.66 bits per heavy atom. The fourth-order valence-corrected chi connectivity index (χ4v) is 5.26. The Labute approximate surface area is 173 Å². The second kappa shape index (κ2) is 8.65. The van der Waals surface area contributed by atoms with E-state index in [4.69, 9.17) is 0 Å². The zero-order chi connectivity index (χ0) is 21.2. The minimum absolute atomic E-state index is 0.0793. The highest BCUT2D eigenvalue weighted by Gasteiger charge is 2.30. The number of benzene rings is 2. The lowest BCUT2D eigenvalue weighted by molar-refractivity contribution is -0.117. The maximum atomic E-state index is 13.0. The van der Waals surface area contributed by atoms with Crippen molar-refractivity contribution in [1.29, 1.82) is 0 Å². The normalized spacial score (nSPS) is 16.0. The van der Waals surface area contributed by atoms with Crippen molar-refractivity contribution in [2.24, 2.45) is 0 Å². The maximum absolute atomic E-state index is 13.0. The van der Waals surface area contributed by atoms with Crippen LogP contribution in [0.3, 0.4) is 0 Å². The summed E-state index contributed by atoms with van der Waals surface area (Å²) in [5.74, 6) is -0.0793. The Hall–Kier alpha value is -2.22. The summed E-state index contributed by atoms with van der Waals surface area (Å²) in [4.78, 5) is 14.8. The summed E-state index contributed by atoms with van der Waals surface area (Å²) in [6, 6.07) is 11.2.